The van der Waals surface area contributed by atoms with Crippen LogP contribution in [0.2, 0.25) is 0 Å². The second-order valence-electron chi connectivity index (χ2n) is 4.53. The summed E-state index contributed by atoms with van der Waals surface area (Å²) in [7, 11) is -3.23. The van der Waals surface area contributed by atoms with Crippen LogP contribution in [-0.4, -0.2) is 25.6 Å². The smallest absolute Gasteiger partial charge is 0.175 e. The number of hydrogen-bond acceptors (Lipinski definition) is 4. The van der Waals surface area contributed by atoms with Crippen LogP contribution in [0.3, 0.4) is 0 Å². The first-order chi connectivity index (χ1) is 9.38. The molecule has 0 heterocycles. The Morgan fingerprint density at radius 1 is 1.05 bits per heavy atom. The van der Waals surface area contributed by atoms with Crippen molar-refractivity contribution in [3.05, 3.63) is 59.7 Å². The molecule has 0 amide bonds. The van der Waals surface area contributed by atoms with E-state index in [1.165, 1.54) is 18.2 Å². The van der Waals surface area contributed by atoms with Crippen LogP contribution in [0.1, 0.15) is 15.9 Å². The van der Waals surface area contributed by atoms with E-state index in [0.29, 0.717) is 5.56 Å². The molecule has 0 radical (unpaired) electrons. The first-order valence-corrected chi connectivity index (χ1v) is 7.87. The molecular weight excluding hydrogens is 276 g/mol. The Hall–Kier alpha value is -2.14. The molecule has 0 saturated carbocycles. The summed E-state index contributed by atoms with van der Waals surface area (Å²) in [6.07, 6.45) is 1.25. The van der Waals surface area contributed by atoms with Crippen LogP contribution in [0.25, 0.3) is 0 Å². The minimum absolute atomic E-state index is 0.0507. The lowest BCUT2D eigenvalue weighted by atomic mass is 10.0. The van der Waals surface area contributed by atoms with E-state index in [1.54, 1.807) is 30.3 Å². The molecule has 0 aliphatic rings. The van der Waals surface area contributed by atoms with Gasteiger partial charge in [-0.3, -0.25) is 4.79 Å². The number of phenolic OH excluding ortho intramolecular Hbond substituents is 1. The Bertz CT molecular complexity index is 731. The van der Waals surface area contributed by atoms with Crippen LogP contribution in [0.15, 0.2) is 53.4 Å². The highest BCUT2D eigenvalue weighted by atomic mass is 32.2. The standard InChI is InChI=1S/C15H14O4S/c1-20(18,19)12-8-6-11(7-9-12)10-15(17)13-4-2-3-5-14(13)16/h2-9,16H,10H2,1H3. The molecule has 0 atom stereocenters. The van der Waals surface area contributed by atoms with Gasteiger partial charge < -0.3 is 5.11 Å². The number of phenols is 1. The fourth-order valence-corrected chi connectivity index (χ4v) is 2.48. The second kappa shape index (κ2) is 5.46. The van der Waals surface area contributed by atoms with Crippen molar-refractivity contribution in [3.8, 4) is 5.75 Å². The normalized spacial score (nSPS) is 11.2. The zero-order valence-electron chi connectivity index (χ0n) is 10.9. The van der Waals surface area contributed by atoms with Crippen LogP contribution in [0, 0.1) is 0 Å². The number of aromatic hydroxyl groups is 1. The highest BCUT2D eigenvalue weighted by molar-refractivity contribution is 7.90. The predicted octanol–water partition coefficient (Wildman–Crippen LogP) is 2.22. The Labute approximate surface area is 117 Å². The second-order valence-corrected chi connectivity index (χ2v) is 6.55. The van der Waals surface area contributed by atoms with Crippen LogP contribution < -0.4 is 0 Å². The zero-order chi connectivity index (χ0) is 14.8. The van der Waals surface area contributed by atoms with E-state index in [9.17, 15) is 18.3 Å². The number of ketones is 1. The number of para-hydroxylation sites is 1. The molecule has 5 heteroatoms. The van der Waals surface area contributed by atoms with Crippen LogP contribution in [0.5, 0.6) is 5.75 Å². The van der Waals surface area contributed by atoms with E-state index < -0.39 is 9.84 Å². The molecule has 2 aromatic carbocycles. The Kier molecular flexibility index (Phi) is 3.90. The molecule has 0 unspecified atom stereocenters. The molecule has 1 N–H and O–H groups in total. The largest absolute Gasteiger partial charge is 0.507 e. The van der Waals surface area contributed by atoms with Gasteiger partial charge in [0.1, 0.15) is 5.75 Å². The summed E-state index contributed by atoms with van der Waals surface area (Å²) in [5, 5.41) is 9.61. The number of rotatable bonds is 4. The van der Waals surface area contributed by atoms with Crippen molar-refractivity contribution >= 4 is 15.6 Å². The molecule has 4 nitrogen and oxygen atoms in total. The zero-order valence-corrected chi connectivity index (χ0v) is 11.7. The molecule has 104 valence electrons. The summed E-state index contributed by atoms with van der Waals surface area (Å²) in [4.78, 5) is 12.3. The van der Waals surface area contributed by atoms with Gasteiger partial charge in [-0.25, -0.2) is 8.42 Å². The number of Topliss-reactive ketones (excluding diaryl/α,β-unsaturated/α-hetero) is 1. The molecular formula is C15H14O4S. The van der Waals surface area contributed by atoms with Crippen molar-refractivity contribution in [1.29, 1.82) is 0 Å². The van der Waals surface area contributed by atoms with Gasteiger partial charge in [-0.05, 0) is 29.8 Å². The maximum absolute atomic E-state index is 12.0. The quantitative estimate of drug-likeness (QED) is 0.876. The summed E-state index contributed by atoms with van der Waals surface area (Å²) in [5.41, 5.74) is 0.963. The summed E-state index contributed by atoms with van der Waals surface area (Å²) < 4.78 is 22.7. The predicted molar refractivity (Wildman–Crippen MR) is 75.7 cm³/mol. The lowest BCUT2D eigenvalue weighted by Crippen LogP contribution is -2.04. The molecule has 0 aliphatic carbocycles. The lowest BCUT2D eigenvalue weighted by molar-refractivity contribution is 0.0990. The number of carbonyl (C=O) groups is 1. The molecule has 0 spiro atoms. The molecule has 2 rings (SSSR count). The van der Waals surface area contributed by atoms with Crippen molar-refractivity contribution in [2.75, 3.05) is 6.26 Å². The van der Waals surface area contributed by atoms with Crippen molar-refractivity contribution in [2.45, 2.75) is 11.3 Å². The summed E-state index contributed by atoms with van der Waals surface area (Å²) in [6, 6.07) is 12.5. The van der Waals surface area contributed by atoms with Gasteiger partial charge in [-0.2, -0.15) is 0 Å². The number of hydrogen-bond donors (Lipinski definition) is 1. The van der Waals surface area contributed by atoms with Gasteiger partial charge in [-0.1, -0.05) is 24.3 Å². The van der Waals surface area contributed by atoms with Gasteiger partial charge in [0, 0.05) is 12.7 Å². The first-order valence-electron chi connectivity index (χ1n) is 5.98. The maximum atomic E-state index is 12.0. The molecule has 0 aliphatic heterocycles. The SMILES string of the molecule is CS(=O)(=O)c1ccc(CC(=O)c2ccccc2O)cc1. The fourth-order valence-electron chi connectivity index (χ4n) is 1.84. The van der Waals surface area contributed by atoms with Crippen molar-refractivity contribution in [3.63, 3.8) is 0 Å². The van der Waals surface area contributed by atoms with Crippen molar-refractivity contribution < 1.29 is 18.3 Å². The van der Waals surface area contributed by atoms with Gasteiger partial charge >= 0.3 is 0 Å². The average Bonchev–Trinajstić information content (AvgIpc) is 2.38. The van der Waals surface area contributed by atoms with E-state index in [0.717, 1.165) is 6.26 Å². The van der Waals surface area contributed by atoms with E-state index in [4.69, 9.17) is 0 Å². The minimum atomic E-state index is -3.23. The fraction of sp³-hybridized carbons (Fsp3) is 0.133. The average molecular weight is 290 g/mol. The summed E-state index contributed by atoms with van der Waals surface area (Å²) in [6.45, 7) is 0. The highest BCUT2D eigenvalue weighted by Crippen LogP contribution is 2.19. The van der Waals surface area contributed by atoms with Gasteiger partial charge in [-0.15, -0.1) is 0 Å². The molecule has 0 aromatic heterocycles. The van der Waals surface area contributed by atoms with Crippen LogP contribution in [0.4, 0.5) is 0 Å². The van der Waals surface area contributed by atoms with E-state index in [2.05, 4.69) is 0 Å². The third kappa shape index (κ3) is 3.24. The topological polar surface area (TPSA) is 71.4 Å². The summed E-state index contributed by atoms with van der Waals surface area (Å²) >= 11 is 0. The molecule has 0 saturated heterocycles. The molecule has 0 bridgehead atoms. The highest BCUT2D eigenvalue weighted by Gasteiger charge is 2.12. The third-order valence-corrected chi connectivity index (χ3v) is 4.05. The van der Waals surface area contributed by atoms with E-state index in [1.807, 2.05) is 0 Å². The Balaban J connectivity index is 2.19. The lowest BCUT2D eigenvalue weighted by Gasteiger charge is -2.04. The Morgan fingerprint density at radius 3 is 2.20 bits per heavy atom. The number of sulfone groups is 1. The van der Waals surface area contributed by atoms with Crippen molar-refractivity contribution in [2.24, 2.45) is 0 Å². The van der Waals surface area contributed by atoms with Gasteiger partial charge in [0.25, 0.3) is 0 Å². The molecule has 0 fully saturated rings. The summed E-state index contributed by atoms with van der Waals surface area (Å²) in [5.74, 6) is -0.263. The number of benzene rings is 2. The monoisotopic (exact) mass is 290 g/mol. The van der Waals surface area contributed by atoms with E-state index >= 15 is 0 Å². The maximum Gasteiger partial charge on any atom is 0.175 e. The minimum Gasteiger partial charge on any atom is -0.507 e. The third-order valence-electron chi connectivity index (χ3n) is 2.92. The Morgan fingerprint density at radius 2 is 1.65 bits per heavy atom. The molecule has 2 aromatic rings. The van der Waals surface area contributed by atoms with Crippen LogP contribution >= 0.6 is 0 Å². The van der Waals surface area contributed by atoms with Crippen LogP contribution in [-0.2, 0) is 16.3 Å². The first kappa shape index (κ1) is 14.3. The van der Waals surface area contributed by atoms with Gasteiger partial charge in [0.2, 0.25) is 0 Å². The molecule has 20 heavy (non-hydrogen) atoms. The van der Waals surface area contributed by atoms with E-state index in [-0.39, 0.29) is 28.4 Å². The number of carbonyl (C=O) groups excluding carboxylic acids is 1. The van der Waals surface area contributed by atoms with Crippen molar-refractivity contribution in [1.82, 2.24) is 0 Å². The van der Waals surface area contributed by atoms with Gasteiger partial charge in [0.15, 0.2) is 15.6 Å². The van der Waals surface area contributed by atoms with Gasteiger partial charge in [0.05, 0.1) is 10.5 Å².